The molecule has 0 bridgehead atoms. The summed E-state index contributed by atoms with van der Waals surface area (Å²) in [5, 5.41) is 11.7. The number of rotatable bonds is 9. The highest BCUT2D eigenvalue weighted by atomic mass is 32.1. The van der Waals surface area contributed by atoms with E-state index < -0.39 is 0 Å². The SMILES string of the molecule is CC[C@H](C)C(=O)Nc1cccc(CNC(=O)CCc2nc(-c3cccs3)no2)c1. The highest BCUT2D eigenvalue weighted by Gasteiger charge is 2.12. The van der Waals surface area contributed by atoms with E-state index in [2.05, 4.69) is 20.8 Å². The number of hydrogen-bond donors (Lipinski definition) is 2. The van der Waals surface area contributed by atoms with Crippen LogP contribution in [-0.2, 0) is 22.6 Å². The van der Waals surface area contributed by atoms with Gasteiger partial charge in [0.1, 0.15) is 0 Å². The third-order valence-electron chi connectivity index (χ3n) is 4.52. The molecule has 8 heteroatoms. The van der Waals surface area contributed by atoms with Crippen molar-refractivity contribution in [1.29, 1.82) is 0 Å². The maximum atomic E-state index is 12.1. The zero-order chi connectivity index (χ0) is 20.6. The standard InChI is InChI=1S/C21H24N4O3S/c1-3-14(2)21(27)23-16-7-4-6-15(12-16)13-22-18(26)9-10-19-24-20(25-28-19)17-8-5-11-29-17/h4-8,11-12,14H,3,9-10,13H2,1-2H3,(H,22,26)(H,23,27)/t14-/m0/s1. The second-order valence-corrected chi connectivity index (χ2v) is 7.71. The van der Waals surface area contributed by atoms with Gasteiger partial charge in [-0.2, -0.15) is 4.98 Å². The molecular weight excluding hydrogens is 388 g/mol. The van der Waals surface area contributed by atoms with Crippen LogP contribution in [0.25, 0.3) is 10.7 Å². The van der Waals surface area contributed by atoms with Crippen LogP contribution in [0.3, 0.4) is 0 Å². The first kappa shape index (κ1) is 20.7. The van der Waals surface area contributed by atoms with Gasteiger partial charge in [-0.25, -0.2) is 0 Å². The summed E-state index contributed by atoms with van der Waals surface area (Å²) in [4.78, 5) is 29.4. The Morgan fingerprint density at radius 2 is 2.10 bits per heavy atom. The van der Waals surface area contributed by atoms with E-state index in [1.54, 1.807) is 0 Å². The lowest BCUT2D eigenvalue weighted by Crippen LogP contribution is -2.23. The van der Waals surface area contributed by atoms with Gasteiger partial charge in [0.2, 0.25) is 23.5 Å². The predicted octanol–water partition coefficient (Wildman–Crippen LogP) is 4.03. The normalized spacial score (nSPS) is 11.8. The second-order valence-electron chi connectivity index (χ2n) is 6.76. The molecule has 2 amide bonds. The molecule has 0 unspecified atom stereocenters. The minimum atomic E-state index is -0.102. The Balaban J connectivity index is 1.46. The molecular formula is C21H24N4O3S. The van der Waals surface area contributed by atoms with E-state index in [1.807, 2.05) is 55.6 Å². The molecule has 2 heterocycles. The van der Waals surface area contributed by atoms with Crippen LogP contribution in [-0.4, -0.2) is 22.0 Å². The van der Waals surface area contributed by atoms with Crippen LogP contribution in [0, 0.1) is 5.92 Å². The van der Waals surface area contributed by atoms with Crippen LogP contribution < -0.4 is 10.6 Å². The third kappa shape index (κ3) is 5.99. The average Bonchev–Trinajstić information content (AvgIpc) is 3.42. The van der Waals surface area contributed by atoms with Gasteiger partial charge in [0.15, 0.2) is 0 Å². The first-order valence-electron chi connectivity index (χ1n) is 9.58. The van der Waals surface area contributed by atoms with Crippen LogP contribution in [0.2, 0.25) is 0 Å². The van der Waals surface area contributed by atoms with E-state index in [0.717, 1.165) is 22.5 Å². The monoisotopic (exact) mass is 412 g/mol. The van der Waals surface area contributed by atoms with Gasteiger partial charge in [0.05, 0.1) is 4.88 Å². The summed E-state index contributed by atoms with van der Waals surface area (Å²) in [6, 6.07) is 11.3. The fourth-order valence-electron chi connectivity index (χ4n) is 2.58. The first-order valence-corrected chi connectivity index (χ1v) is 10.5. The van der Waals surface area contributed by atoms with Gasteiger partial charge in [0.25, 0.3) is 0 Å². The molecule has 3 aromatic rings. The number of aromatic nitrogens is 2. The van der Waals surface area contributed by atoms with Gasteiger partial charge in [-0.05, 0) is 35.6 Å². The topological polar surface area (TPSA) is 97.1 Å². The molecule has 7 nitrogen and oxygen atoms in total. The molecule has 152 valence electrons. The maximum absolute atomic E-state index is 12.1. The fraction of sp³-hybridized carbons (Fsp3) is 0.333. The molecule has 0 saturated heterocycles. The number of hydrogen-bond acceptors (Lipinski definition) is 6. The largest absolute Gasteiger partial charge is 0.352 e. The van der Waals surface area contributed by atoms with Crippen molar-refractivity contribution in [2.75, 3.05) is 5.32 Å². The summed E-state index contributed by atoms with van der Waals surface area (Å²) < 4.78 is 5.21. The zero-order valence-corrected chi connectivity index (χ0v) is 17.3. The lowest BCUT2D eigenvalue weighted by molar-refractivity contribution is -0.121. The van der Waals surface area contributed by atoms with E-state index in [4.69, 9.17) is 4.52 Å². The molecule has 0 radical (unpaired) electrons. The van der Waals surface area contributed by atoms with E-state index >= 15 is 0 Å². The lowest BCUT2D eigenvalue weighted by atomic mass is 10.1. The van der Waals surface area contributed by atoms with Crippen molar-refractivity contribution in [1.82, 2.24) is 15.5 Å². The van der Waals surface area contributed by atoms with E-state index in [0.29, 0.717) is 24.7 Å². The quantitative estimate of drug-likeness (QED) is 0.553. The van der Waals surface area contributed by atoms with Crippen molar-refractivity contribution in [3.63, 3.8) is 0 Å². The van der Waals surface area contributed by atoms with Crippen molar-refractivity contribution in [2.45, 2.75) is 39.7 Å². The summed E-state index contributed by atoms with van der Waals surface area (Å²) in [5.74, 6) is 0.846. The number of anilines is 1. The Morgan fingerprint density at radius 1 is 1.24 bits per heavy atom. The van der Waals surface area contributed by atoms with Gasteiger partial charge in [0, 0.05) is 31.0 Å². The van der Waals surface area contributed by atoms with Gasteiger partial charge in [-0.1, -0.05) is 37.2 Å². The predicted molar refractivity (Wildman–Crippen MR) is 112 cm³/mol. The molecule has 2 N–H and O–H groups in total. The van der Waals surface area contributed by atoms with Crippen molar-refractivity contribution >= 4 is 28.8 Å². The molecule has 0 aliphatic heterocycles. The molecule has 0 fully saturated rings. The van der Waals surface area contributed by atoms with E-state index in [1.165, 1.54) is 11.3 Å². The molecule has 2 aromatic heterocycles. The summed E-state index contributed by atoms with van der Waals surface area (Å²) in [7, 11) is 0. The van der Waals surface area contributed by atoms with Crippen LogP contribution in [0.1, 0.15) is 38.1 Å². The average molecular weight is 413 g/mol. The molecule has 1 aromatic carbocycles. The zero-order valence-electron chi connectivity index (χ0n) is 16.5. The Bertz CT molecular complexity index is 953. The van der Waals surface area contributed by atoms with Crippen LogP contribution in [0.4, 0.5) is 5.69 Å². The van der Waals surface area contributed by atoms with Crippen molar-refractivity contribution in [2.24, 2.45) is 5.92 Å². The Hall–Kier alpha value is -3.00. The minimum Gasteiger partial charge on any atom is -0.352 e. The van der Waals surface area contributed by atoms with Crippen molar-refractivity contribution in [3.8, 4) is 10.7 Å². The molecule has 0 saturated carbocycles. The molecule has 29 heavy (non-hydrogen) atoms. The molecule has 3 rings (SSSR count). The van der Waals surface area contributed by atoms with Crippen molar-refractivity contribution < 1.29 is 14.1 Å². The second kappa shape index (κ2) is 9.97. The number of nitrogens with zero attached hydrogens (tertiary/aromatic N) is 2. The lowest BCUT2D eigenvalue weighted by Gasteiger charge is -2.11. The van der Waals surface area contributed by atoms with Gasteiger partial charge >= 0.3 is 0 Å². The van der Waals surface area contributed by atoms with Gasteiger partial charge in [-0.3, -0.25) is 9.59 Å². The summed E-state index contributed by atoms with van der Waals surface area (Å²) in [6.45, 7) is 4.26. The number of carbonyl (C=O) groups excluding carboxylic acids is 2. The highest BCUT2D eigenvalue weighted by molar-refractivity contribution is 7.13. The molecule has 0 aliphatic carbocycles. The molecule has 0 aliphatic rings. The number of benzene rings is 1. The number of thiophene rings is 1. The fourth-order valence-corrected chi connectivity index (χ4v) is 3.23. The summed E-state index contributed by atoms with van der Waals surface area (Å²) in [5.41, 5.74) is 1.65. The number of aryl methyl sites for hydroxylation is 1. The maximum Gasteiger partial charge on any atom is 0.227 e. The van der Waals surface area contributed by atoms with Crippen LogP contribution in [0.5, 0.6) is 0 Å². The van der Waals surface area contributed by atoms with Gasteiger partial charge < -0.3 is 15.2 Å². The smallest absolute Gasteiger partial charge is 0.227 e. The van der Waals surface area contributed by atoms with E-state index in [9.17, 15) is 9.59 Å². The molecule has 0 spiro atoms. The van der Waals surface area contributed by atoms with Gasteiger partial charge in [-0.15, -0.1) is 11.3 Å². The first-order chi connectivity index (χ1) is 14.0. The Morgan fingerprint density at radius 3 is 2.86 bits per heavy atom. The van der Waals surface area contributed by atoms with Crippen LogP contribution >= 0.6 is 11.3 Å². The minimum absolute atomic E-state index is 0.00448. The summed E-state index contributed by atoms with van der Waals surface area (Å²) in [6.07, 6.45) is 1.43. The van der Waals surface area contributed by atoms with Crippen LogP contribution in [0.15, 0.2) is 46.3 Å². The highest BCUT2D eigenvalue weighted by Crippen LogP contribution is 2.21. The number of amides is 2. The number of carbonyl (C=O) groups is 2. The third-order valence-corrected chi connectivity index (χ3v) is 5.39. The molecule has 1 atom stereocenters. The number of nitrogens with one attached hydrogen (secondary N) is 2. The summed E-state index contributed by atoms with van der Waals surface area (Å²) >= 11 is 1.54. The van der Waals surface area contributed by atoms with E-state index in [-0.39, 0.29) is 24.2 Å². The Labute approximate surface area is 173 Å². The van der Waals surface area contributed by atoms with Crippen molar-refractivity contribution in [3.05, 3.63) is 53.2 Å². The Kier molecular flexibility index (Phi) is 7.13.